The molecule has 4 rings (SSSR count). The number of hydrogen-bond donors (Lipinski definition) is 1. The van der Waals surface area contributed by atoms with Crippen molar-refractivity contribution in [3.8, 4) is 11.3 Å². The number of nitrogens with zero attached hydrogens (tertiary/aromatic N) is 2. The van der Waals surface area contributed by atoms with Crippen molar-refractivity contribution in [1.82, 2.24) is 9.29 Å². The van der Waals surface area contributed by atoms with Gasteiger partial charge in [-0.3, -0.25) is 4.79 Å². The summed E-state index contributed by atoms with van der Waals surface area (Å²) < 4.78 is 32.1. The lowest BCUT2D eigenvalue weighted by molar-refractivity contribution is -0.116. The van der Waals surface area contributed by atoms with Gasteiger partial charge in [0, 0.05) is 30.5 Å². The van der Waals surface area contributed by atoms with Crippen LogP contribution in [0.2, 0.25) is 0 Å². The van der Waals surface area contributed by atoms with Gasteiger partial charge in [-0.05, 0) is 43.5 Å². The first kappa shape index (κ1) is 23.6. The highest BCUT2D eigenvalue weighted by molar-refractivity contribution is 7.89. The second kappa shape index (κ2) is 10.1. The van der Waals surface area contributed by atoms with Gasteiger partial charge in [0.1, 0.15) is 0 Å². The highest BCUT2D eigenvalue weighted by Crippen LogP contribution is 2.28. The van der Waals surface area contributed by atoms with Crippen LogP contribution in [0.5, 0.6) is 0 Å². The molecule has 0 unspecified atom stereocenters. The Morgan fingerprint density at radius 3 is 2.55 bits per heavy atom. The van der Waals surface area contributed by atoms with Crippen molar-refractivity contribution in [2.75, 3.05) is 31.6 Å². The van der Waals surface area contributed by atoms with Crippen molar-refractivity contribution in [1.29, 1.82) is 0 Å². The number of anilines is 1. The zero-order valence-electron chi connectivity index (χ0n) is 18.7. The van der Waals surface area contributed by atoms with Gasteiger partial charge in [-0.15, -0.1) is 11.3 Å². The van der Waals surface area contributed by atoms with E-state index in [0.29, 0.717) is 37.9 Å². The van der Waals surface area contributed by atoms with E-state index in [4.69, 9.17) is 4.74 Å². The molecule has 2 heterocycles. The van der Waals surface area contributed by atoms with Crippen LogP contribution in [-0.2, 0) is 26.0 Å². The number of rotatable bonds is 7. The smallest absolute Gasteiger partial charge is 0.243 e. The quantitative estimate of drug-likeness (QED) is 0.546. The zero-order valence-corrected chi connectivity index (χ0v) is 20.3. The van der Waals surface area contributed by atoms with E-state index in [2.05, 4.69) is 36.3 Å². The van der Waals surface area contributed by atoms with Crippen LogP contribution in [-0.4, -0.2) is 49.9 Å². The lowest BCUT2D eigenvalue weighted by atomic mass is 10.0. The van der Waals surface area contributed by atoms with Crippen LogP contribution < -0.4 is 5.32 Å². The molecule has 9 heteroatoms. The minimum absolute atomic E-state index is 0.124. The average molecular weight is 486 g/mol. The topological polar surface area (TPSA) is 88.6 Å². The summed E-state index contributed by atoms with van der Waals surface area (Å²) in [6, 6.07) is 13.0. The van der Waals surface area contributed by atoms with E-state index < -0.39 is 10.0 Å². The van der Waals surface area contributed by atoms with E-state index in [1.54, 1.807) is 24.3 Å². The predicted octanol–water partition coefficient (Wildman–Crippen LogP) is 4.02. The van der Waals surface area contributed by atoms with E-state index >= 15 is 0 Å². The molecule has 1 fully saturated rings. The van der Waals surface area contributed by atoms with Gasteiger partial charge < -0.3 is 10.1 Å². The molecule has 2 aromatic carbocycles. The van der Waals surface area contributed by atoms with Gasteiger partial charge in [0.2, 0.25) is 15.9 Å². The molecule has 7 nitrogen and oxygen atoms in total. The van der Waals surface area contributed by atoms with Crippen molar-refractivity contribution < 1.29 is 17.9 Å². The molecule has 174 valence electrons. The molecule has 3 aromatic rings. The first-order chi connectivity index (χ1) is 15.8. The summed E-state index contributed by atoms with van der Waals surface area (Å²) in [5, 5.41) is 5.38. The molecule has 0 spiro atoms. The van der Waals surface area contributed by atoms with E-state index in [1.165, 1.54) is 21.2 Å². The van der Waals surface area contributed by atoms with Crippen molar-refractivity contribution in [3.05, 3.63) is 64.5 Å². The van der Waals surface area contributed by atoms with Crippen LogP contribution in [0.1, 0.15) is 23.1 Å². The van der Waals surface area contributed by atoms with Gasteiger partial charge in [-0.2, -0.15) is 4.31 Å². The van der Waals surface area contributed by atoms with Gasteiger partial charge in [-0.25, -0.2) is 13.4 Å². The molecule has 1 aliphatic heterocycles. The maximum Gasteiger partial charge on any atom is 0.243 e. The maximum atomic E-state index is 12.7. The molecule has 0 radical (unpaired) electrons. The number of benzene rings is 2. The normalized spacial score (nSPS) is 14.8. The fourth-order valence-corrected chi connectivity index (χ4v) is 5.89. The Kier molecular flexibility index (Phi) is 7.23. The number of thiazole rings is 1. The standard InChI is InChI=1S/C24H27N3O4S2/c1-17-3-9-21(18(2)15-17)22-16-32-24(25-22)26-23(28)10-6-19-4-7-20(8-5-19)33(29,30)27-11-13-31-14-12-27/h3-5,7-9,15-16H,6,10-14H2,1-2H3,(H,25,26,28). The summed E-state index contributed by atoms with van der Waals surface area (Å²) >= 11 is 1.40. The Morgan fingerprint density at radius 1 is 1.12 bits per heavy atom. The monoisotopic (exact) mass is 485 g/mol. The van der Waals surface area contributed by atoms with Crippen LogP contribution in [0.4, 0.5) is 5.13 Å². The first-order valence-corrected chi connectivity index (χ1v) is 13.1. The van der Waals surface area contributed by atoms with Crippen LogP contribution in [0.3, 0.4) is 0 Å². The summed E-state index contributed by atoms with van der Waals surface area (Å²) in [5.74, 6) is -0.124. The molecule has 1 aliphatic rings. The first-order valence-electron chi connectivity index (χ1n) is 10.8. The number of ether oxygens (including phenoxy) is 1. The molecular formula is C24H27N3O4S2. The van der Waals surface area contributed by atoms with Crippen LogP contribution in [0, 0.1) is 13.8 Å². The predicted molar refractivity (Wildman–Crippen MR) is 130 cm³/mol. The van der Waals surface area contributed by atoms with Crippen molar-refractivity contribution in [2.45, 2.75) is 31.6 Å². The Bertz CT molecular complexity index is 1230. The van der Waals surface area contributed by atoms with Crippen molar-refractivity contribution >= 4 is 32.4 Å². The largest absolute Gasteiger partial charge is 0.379 e. The molecule has 33 heavy (non-hydrogen) atoms. The molecule has 1 saturated heterocycles. The average Bonchev–Trinajstić information content (AvgIpc) is 3.26. The SMILES string of the molecule is Cc1ccc(-c2csc(NC(=O)CCc3ccc(S(=O)(=O)N4CCOCC4)cc3)n2)c(C)c1. The molecule has 0 bridgehead atoms. The van der Waals surface area contributed by atoms with Gasteiger partial charge in [0.25, 0.3) is 0 Å². The van der Waals surface area contributed by atoms with Crippen molar-refractivity contribution in [3.63, 3.8) is 0 Å². The number of nitrogens with one attached hydrogen (secondary N) is 1. The third-order valence-electron chi connectivity index (χ3n) is 5.58. The molecule has 1 amide bonds. The Balaban J connectivity index is 1.32. The number of amides is 1. The minimum Gasteiger partial charge on any atom is -0.379 e. The van der Waals surface area contributed by atoms with E-state index in [1.807, 2.05) is 11.4 Å². The summed E-state index contributed by atoms with van der Waals surface area (Å²) in [6.07, 6.45) is 0.799. The van der Waals surface area contributed by atoms with Crippen molar-refractivity contribution in [2.24, 2.45) is 0 Å². The molecule has 1 N–H and O–H groups in total. The molecule has 0 aliphatic carbocycles. The lowest BCUT2D eigenvalue weighted by Crippen LogP contribution is -2.40. The summed E-state index contributed by atoms with van der Waals surface area (Å²) in [5.41, 5.74) is 5.17. The second-order valence-corrected chi connectivity index (χ2v) is 10.9. The van der Waals surface area contributed by atoms with Gasteiger partial charge in [0.15, 0.2) is 5.13 Å². The summed E-state index contributed by atoms with van der Waals surface area (Å²) in [6.45, 7) is 5.67. The summed E-state index contributed by atoms with van der Waals surface area (Å²) in [7, 11) is -3.51. The van der Waals surface area contributed by atoms with Crippen LogP contribution >= 0.6 is 11.3 Å². The Morgan fingerprint density at radius 2 is 1.85 bits per heavy atom. The molecular weight excluding hydrogens is 458 g/mol. The van der Waals surface area contributed by atoms with Crippen LogP contribution in [0.15, 0.2) is 52.7 Å². The van der Waals surface area contributed by atoms with E-state index in [-0.39, 0.29) is 17.2 Å². The van der Waals surface area contributed by atoms with Gasteiger partial charge >= 0.3 is 0 Å². The third kappa shape index (κ3) is 5.67. The summed E-state index contributed by atoms with van der Waals surface area (Å²) in [4.78, 5) is 17.2. The number of carbonyl (C=O) groups excluding carboxylic acids is 1. The fourth-order valence-electron chi connectivity index (χ4n) is 3.76. The third-order valence-corrected chi connectivity index (χ3v) is 8.25. The van der Waals surface area contributed by atoms with Crippen LogP contribution in [0.25, 0.3) is 11.3 Å². The van der Waals surface area contributed by atoms with Gasteiger partial charge in [-0.1, -0.05) is 35.9 Å². The Hall–Kier alpha value is -2.59. The number of morpholine rings is 1. The minimum atomic E-state index is -3.51. The fraction of sp³-hybridized carbons (Fsp3) is 0.333. The zero-order chi connectivity index (χ0) is 23.4. The number of aryl methyl sites for hydroxylation is 3. The van der Waals surface area contributed by atoms with E-state index in [9.17, 15) is 13.2 Å². The number of sulfonamides is 1. The maximum absolute atomic E-state index is 12.7. The number of carbonyl (C=O) groups is 1. The molecule has 0 atom stereocenters. The highest BCUT2D eigenvalue weighted by Gasteiger charge is 2.26. The molecule has 0 saturated carbocycles. The van der Waals surface area contributed by atoms with Gasteiger partial charge in [0.05, 0.1) is 23.8 Å². The van der Waals surface area contributed by atoms with E-state index in [0.717, 1.165) is 22.4 Å². The number of hydrogen-bond acceptors (Lipinski definition) is 6. The highest BCUT2D eigenvalue weighted by atomic mass is 32.2. The second-order valence-electron chi connectivity index (χ2n) is 8.06. The number of aromatic nitrogens is 1. The Labute approximate surface area is 198 Å². The molecule has 1 aromatic heterocycles. The lowest BCUT2D eigenvalue weighted by Gasteiger charge is -2.26.